The topological polar surface area (TPSA) is 30.5 Å². The van der Waals surface area contributed by atoms with Crippen molar-refractivity contribution in [2.45, 2.75) is 33.4 Å². The van der Waals surface area contributed by atoms with Crippen molar-refractivity contribution in [3.63, 3.8) is 0 Å². The highest BCUT2D eigenvalue weighted by Gasteiger charge is 2.18. The zero-order chi connectivity index (χ0) is 15.0. The third kappa shape index (κ3) is 3.10. The zero-order valence-corrected chi connectivity index (χ0v) is 14.7. The highest BCUT2D eigenvalue weighted by molar-refractivity contribution is 9.10. The number of thiophene rings is 1. The molecule has 0 amide bonds. The Balaban J connectivity index is 1.70. The molecule has 0 aliphatic carbocycles. The van der Waals surface area contributed by atoms with Crippen LogP contribution in [0.2, 0.25) is 0 Å². The van der Waals surface area contributed by atoms with Crippen molar-refractivity contribution in [2.24, 2.45) is 0 Å². The molecule has 1 aliphatic heterocycles. The Morgan fingerprint density at radius 3 is 2.81 bits per heavy atom. The smallest absolute Gasteiger partial charge is 0.231 e. The summed E-state index contributed by atoms with van der Waals surface area (Å²) in [4.78, 5) is 2.75. The molecule has 1 N–H and O–H groups in total. The molecule has 0 saturated heterocycles. The van der Waals surface area contributed by atoms with Gasteiger partial charge in [-0.05, 0) is 66.0 Å². The standard InChI is InChI=1S/C16H18BrNO2S/c1-9-4-13(11(3)21-9)10(2)18-7-12-5-14(17)16-15(6-12)19-8-20-16/h4-6,10,18H,7-8H2,1-3H3. The van der Waals surface area contributed by atoms with Crippen molar-refractivity contribution in [1.29, 1.82) is 0 Å². The summed E-state index contributed by atoms with van der Waals surface area (Å²) in [5.74, 6) is 1.62. The number of ether oxygens (including phenoxy) is 2. The van der Waals surface area contributed by atoms with Gasteiger partial charge in [-0.3, -0.25) is 0 Å². The van der Waals surface area contributed by atoms with Gasteiger partial charge in [-0.15, -0.1) is 11.3 Å². The van der Waals surface area contributed by atoms with Gasteiger partial charge < -0.3 is 14.8 Å². The summed E-state index contributed by atoms with van der Waals surface area (Å²) in [5, 5.41) is 3.58. The van der Waals surface area contributed by atoms with Crippen LogP contribution in [0.4, 0.5) is 0 Å². The Labute approximate surface area is 137 Å². The summed E-state index contributed by atoms with van der Waals surface area (Å²) < 4.78 is 11.8. The first kappa shape index (κ1) is 14.9. The third-order valence-corrected chi connectivity index (χ3v) is 5.22. The third-order valence-electron chi connectivity index (χ3n) is 3.65. The molecule has 2 heterocycles. The van der Waals surface area contributed by atoms with Crippen molar-refractivity contribution in [3.8, 4) is 11.5 Å². The number of fused-ring (bicyclic) bond motifs is 1. The van der Waals surface area contributed by atoms with E-state index in [4.69, 9.17) is 9.47 Å². The van der Waals surface area contributed by atoms with Crippen LogP contribution in [0.15, 0.2) is 22.7 Å². The first-order chi connectivity index (χ1) is 10.0. The minimum Gasteiger partial charge on any atom is -0.454 e. The molecule has 3 nitrogen and oxygen atoms in total. The maximum Gasteiger partial charge on any atom is 0.231 e. The first-order valence-electron chi connectivity index (χ1n) is 6.93. The lowest BCUT2D eigenvalue weighted by Crippen LogP contribution is -2.18. The summed E-state index contributed by atoms with van der Waals surface area (Å²) in [5.41, 5.74) is 2.57. The molecule has 1 unspecified atom stereocenters. The summed E-state index contributed by atoms with van der Waals surface area (Å²) in [6, 6.07) is 6.73. The van der Waals surface area contributed by atoms with Gasteiger partial charge in [0.25, 0.3) is 0 Å². The molecule has 0 saturated carbocycles. The number of aryl methyl sites for hydroxylation is 2. The molecule has 0 fully saturated rings. The van der Waals surface area contributed by atoms with E-state index >= 15 is 0 Å². The summed E-state index contributed by atoms with van der Waals surface area (Å²) in [6.07, 6.45) is 0. The fraction of sp³-hybridized carbons (Fsp3) is 0.375. The minimum atomic E-state index is 0.300. The van der Waals surface area contributed by atoms with Crippen LogP contribution >= 0.6 is 27.3 Å². The van der Waals surface area contributed by atoms with Gasteiger partial charge in [0.1, 0.15) is 0 Å². The lowest BCUT2D eigenvalue weighted by Gasteiger charge is -2.14. The van der Waals surface area contributed by atoms with Crippen molar-refractivity contribution >= 4 is 27.3 Å². The van der Waals surface area contributed by atoms with E-state index in [1.54, 1.807) is 0 Å². The van der Waals surface area contributed by atoms with Crippen molar-refractivity contribution in [3.05, 3.63) is 43.6 Å². The van der Waals surface area contributed by atoms with Gasteiger partial charge in [-0.2, -0.15) is 0 Å². The van der Waals surface area contributed by atoms with Crippen LogP contribution in [0.3, 0.4) is 0 Å². The van der Waals surface area contributed by atoms with Crippen LogP contribution in [-0.4, -0.2) is 6.79 Å². The Hall–Kier alpha value is -1.04. The Kier molecular flexibility index (Phi) is 4.24. The van der Waals surface area contributed by atoms with Crippen LogP contribution in [0.25, 0.3) is 0 Å². The average Bonchev–Trinajstić information content (AvgIpc) is 3.02. The molecule has 5 heteroatoms. The highest BCUT2D eigenvalue weighted by Crippen LogP contribution is 2.40. The van der Waals surface area contributed by atoms with E-state index in [-0.39, 0.29) is 0 Å². The van der Waals surface area contributed by atoms with Gasteiger partial charge in [0, 0.05) is 22.3 Å². The van der Waals surface area contributed by atoms with Crippen LogP contribution in [0.5, 0.6) is 11.5 Å². The lowest BCUT2D eigenvalue weighted by molar-refractivity contribution is 0.173. The van der Waals surface area contributed by atoms with Crippen LogP contribution in [0, 0.1) is 13.8 Å². The van der Waals surface area contributed by atoms with E-state index in [9.17, 15) is 0 Å². The highest BCUT2D eigenvalue weighted by atomic mass is 79.9. The first-order valence-corrected chi connectivity index (χ1v) is 8.54. The molecule has 3 rings (SSSR count). The normalized spacial score (nSPS) is 14.5. The molecule has 112 valence electrons. The second-order valence-electron chi connectivity index (χ2n) is 5.28. The molecule has 0 radical (unpaired) electrons. The summed E-state index contributed by atoms with van der Waals surface area (Å²) in [6.45, 7) is 7.64. The SMILES string of the molecule is Cc1cc(C(C)NCc2cc(Br)c3c(c2)OCO3)c(C)s1. The quantitative estimate of drug-likeness (QED) is 0.848. The van der Waals surface area contributed by atoms with Crippen LogP contribution in [0.1, 0.15) is 33.8 Å². The zero-order valence-electron chi connectivity index (χ0n) is 12.3. The predicted octanol–water partition coefficient (Wildman–Crippen LogP) is 4.71. The predicted molar refractivity (Wildman–Crippen MR) is 89.3 cm³/mol. The molecular formula is C16H18BrNO2S. The molecule has 21 heavy (non-hydrogen) atoms. The van der Waals surface area contributed by atoms with E-state index in [1.165, 1.54) is 20.9 Å². The number of hydrogen-bond acceptors (Lipinski definition) is 4. The van der Waals surface area contributed by atoms with Crippen LogP contribution < -0.4 is 14.8 Å². The molecule has 1 aliphatic rings. The number of rotatable bonds is 4. The maximum atomic E-state index is 5.46. The molecule has 1 aromatic heterocycles. The van der Waals surface area contributed by atoms with Gasteiger partial charge in [-0.25, -0.2) is 0 Å². The molecule has 2 aromatic rings. The number of halogens is 1. The van der Waals surface area contributed by atoms with E-state index in [1.807, 2.05) is 17.4 Å². The minimum absolute atomic E-state index is 0.300. The number of nitrogens with one attached hydrogen (secondary N) is 1. The number of benzene rings is 1. The van der Waals surface area contributed by atoms with Gasteiger partial charge in [0.15, 0.2) is 11.5 Å². The monoisotopic (exact) mass is 367 g/mol. The molecular weight excluding hydrogens is 350 g/mol. The van der Waals surface area contributed by atoms with Crippen molar-refractivity contribution in [2.75, 3.05) is 6.79 Å². The molecule has 1 atom stereocenters. The molecule has 0 spiro atoms. The molecule has 0 bridgehead atoms. The van der Waals surface area contributed by atoms with Gasteiger partial charge in [-0.1, -0.05) is 0 Å². The average molecular weight is 368 g/mol. The maximum absolute atomic E-state index is 5.46. The van der Waals surface area contributed by atoms with E-state index in [0.717, 1.165) is 22.5 Å². The summed E-state index contributed by atoms with van der Waals surface area (Å²) >= 11 is 5.39. The van der Waals surface area contributed by atoms with Gasteiger partial charge >= 0.3 is 0 Å². The molecule has 1 aromatic carbocycles. The Morgan fingerprint density at radius 1 is 1.29 bits per heavy atom. The fourth-order valence-corrected chi connectivity index (χ4v) is 4.21. The Morgan fingerprint density at radius 2 is 2.10 bits per heavy atom. The van der Waals surface area contributed by atoms with Gasteiger partial charge in [0.05, 0.1) is 4.47 Å². The van der Waals surface area contributed by atoms with Crippen LogP contribution in [-0.2, 0) is 6.54 Å². The van der Waals surface area contributed by atoms with Crippen molar-refractivity contribution < 1.29 is 9.47 Å². The fourth-order valence-electron chi connectivity index (χ4n) is 2.58. The largest absolute Gasteiger partial charge is 0.454 e. The Bertz CT molecular complexity index is 669. The number of hydrogen-bond donors (Lipinski definition) is 1. The second-order valence-corrected chi connectivity index (χ2v) is 7.60. The van der Waals surface area contributed by atoms with E-state index < -0.39 is 0 Å². The van der Waals surface area contributed by atoms with E-state index in [2.05, 4.69) is 54.2 Å². The second kappa shape index (κ2) is 5.99. The van der Waals surface area contributed by atoms with Crippen molar-refractivity contribution in [1.82, 2.24) is 5.32 Å². The van der Waals surface area contributed by atoms with E-state index in [0.29, 0.717) is 12.8 Å². The summed E-state index contributed by atoms with van der Waals surface area (Å²) in [7, 11) is 0. The lowest BCUT2D eigenvalue weighted by atomic mass is 10.1. The van der Waals surface area contributed by atoms with Gasteiger partial charge in [0.2, 0.25) is 6.79 Å².